The third-order valence-corrected chi connectivity index (χ3v) is 6.42. The molecule has 5 nitrogen and oxygen atoms in total. The van der Waals surface area contributed by atoms with Crippen LogP contribution in [0.15, 0.2) is 42.5 Å². The predicted octanol–water partition coefficient (Wildman–Crippen LogP) is 4.26. The highest BCUT2D eigenvalue weighted by Gasteiger charge is 2.50. The van der Waals surface area contributed by atoms with Gasteiger partial charge in [-0.2, -0.15) is 0 Å². The number of allylic oxidation sites excluding steroid dienone is 4. The maximum Gasteiger partial charge on any atom is 0.161 e. The zero-order valence-corrected chi connectivity index (χ0v) is 17.5. The first-order chi connectivity index (χ1) is 14.6. The fraction of sp³-hybridized carbons (Fsp3) is 0.360. The van der Waals surface area contributed by atoms with Crippen LogP contribution in [0.5, 0.6) is 23.0 Å². The molecule has 2 atom stereocenters. The predicted molar refractivity (Wildman–Crippen MR) is 115 cm³/mol. The summed E-state index contributed by atoms with van der Waals surface area (Å²) in [5, 5.41) is 11.6. The lowest BCUT2D eigenvalue weighted by atomic mass is 9.79. The molecule has 0 saturated heterocycles. The van der Waals surface area contributed by atoms with E-state index >= 15 is 0 Å². The largest absolute Gasteiger partial charge is 0.496 e. The summed E-state index contributed by atoms with van der Waals surface area (Å²) >= 11 is 0. The molecule has 0 saturated carbocycles. The van der Waals surface area contributed by atoms with Crippen molar-refractivity contribution in [2.45, 2.75) is 30.8 Å². The minimum atomic E-state index is -1.00. The molecule has 0 fully saturated rings. The summed E-state index contributed by atoms with van der Waals surface area (Å²) in [6.07, 6.45) is 9.13. The summed E-state index contributed by atoms with van der Waals surface area (Å²) in [6.45, 7) is 0.231. The lowest BCUT2D eigenvalue weighted by Gasteiger charge is -2.37. The summed E-state index contributed by atoms with van der Waals surface area (Å²) in [7, 11) is 4.94. The number of methoxy groups -OCH3 is 3. The minimum absolute atomic E-state index is 0.200. The maximum absolute atomic E-state index is 11.6. The van der Waals surface area contributed by atoms with Crippen molar-refractivity contribution >= 4 is 5.57 Å². The smallest absolute Gasteiger partial charge is 0.161 e. The molecule has 1 heterocycles. The molecule has 2 aromatic carbocycles. The Labute approximate surface area is 176 Å². The zero-order valence-electron chi connectivity index (χ0n) is 17.5. The van der Waals surface area contributed by atoms with Gasteiger partial charge in [-0.05, 0) is 47.7 Å². The highest BCUT2D eigenvalue weighted by molar-refractivity contribution is 5.80. The number of aliphatic hydroxyl groups is 1. The highest BCUT2D eigenvalue weighted by atomic mass is 16.5. The van der Waals surface area contributed by atoms with E-state index in [0.717, 1.165) is 52.2 Å². The van der Waals surface area contributed by atoms with Gasteiger partial charge in [-0.25, -0.2) is 0 Å². The van der Waals surface area contributed by atoms with Crippen LogP contribution < -0.4 is 18.9 Å². The van der Waals surface area contributed by atoms with Gasteiger partial charge in [-0.3, -0.25) is 0 Å². The first-order valence-electron chi connectivity index (χ1n) is 10.3. The maximum atomic E-state index is 11.6. The second-order valence-corrected chi connectivity index (χ2v) is 8.14. The number of rotatable bonds is 4. The molecule has 1 aliphatic heterocycles. The van der Waals surface area contributed by atoms with Crippen molar-refractivity contribution in [2.24, 2.45) is 0 Å². The van der Waals surface area contributed by atoms with Gasteiger partial charge >= 0.3 is 0 Å². The van der Waals surface area contributed by atoms with Crippen LogP contribution in [0.1, 0.15) is 41.0 Å². The number of fused-ring (bicyclic) bond motifs is 5. The van der Waals surface area contributed by atoms with Gasteiger partial charge in [-0.1, -0.05) is 18.2 Å². The Bertz CT molecular complexity index is 1070. The summed E-state index contributed by atoms with van der Waals surface area (Å²) < 4.78 is 22.7. The molecule has 3 aliphatic rings. The lowest BCUT2D eigenvalue weighted by molar-refractivity contribution is -0.0219. The van der Waals surface area contributed by atoms with E-state index in [4.69, 9.17) is 18.9 Å². The van der Waals surface area contributed by atoms with Crippen molar-refractivity contribution in [1.29, 1.82) is 0 Å². The molecule has 156 valence electrons. The Balaban J connectivity index is 1.69. The third-order valence-electron chi connectivity index (χ3n) is 6.42. The van der Waals surface area contributed by atoms with Crippen LogP contribution in [0, 0.1) is 0 Å². The van der Waals surface area contributed by atoms with Gasteiger partial charge < -0.3 is 24.1 Å². The van der Waals surface area contributed by atoms with Gasteiger partial charge in [0.15, 0.2) is 11.5 Å². The van der Waals surface area contributed by atoms with E-state index in [1.807, 2.05) is 18.2 Å². The first kappa shape index (κ1) is 19.1. The van der Waals surface area contributed by atoms with Crippen molar-refractivity contribution in [3.8, 4) is 23.0 Å². The number of benzene rings is 2. The van der Waals surface area contributed by atoms with Crippen LogP contribution >= 0.6 is 0 Å². The Kier molecular flexibility index (Phi) is 4.51. The number of ether oxygens (including phenoxy) is 4. The zero-order chi connectivity index (χ0) is 20.9. The molecular weight excluding hydrogens is 380 g/mol. The SMILES string of the molecule is COc1cc2c(cc1OC)C1c3cc(C4=CCCC=C4)c(OC)cc3OCC1(O)C2. The lowest BCUT2D eigenvalue weighted by Crippen LogP contribution is -2.44. The Morgan fingerprint density at radius 1 is 0.933 bits per heavy atom. The monoisotopic (exact) mass is 406 g/mol. The molecule has 30 heavy (non-hydrogen) atoms. The number of hydrogen-bond donors (Lipinski definition) is 1. The normalized spacial score (nSPS) is 23.6. The molecular formula is C25H26O5. The van der Waals surface area contributed by atoms with Gasteiger partial charge in [0, 0.05) is 29.5 Å². The van der Waals surface area contributed by atoms with E-state index in [1.54, 1.807) is 21.3 Å². The van der Waals surface area contributed by atoms with Gasteiger partial charge in [0.1, 0.15) is 23.7 Å². The van der Waals surface area contributed by atoms with Gasteiger partial charge in [0.25, 0.3) is 0 Å². The highest BCUT2D eigenvalue weighted by Crippen LogP contribution is 2.54. The Morgan fingerprint density at radius 3 is 2.40 bits per heavy atom. The van der Waals surface area contributed by atoms with Crippen LogP contribution in [-0.2, 0) is 6.42 Å². The number of hydrogen-bond acceptors (Lipinski definition) is 5. The molecule has 0 aromatic heterocycles. The van der Waals surface area contributed by atoms with E-state index in [-0.39, 0.29) is 12.5 Å². The average molecular weight is 406 g/mol. The summed E-state index contributed by atoms with van der Waals surface area (Å²) in [6, 6.07) is 8.04. The van der Waals surface area contributed by atoms with Crippen molar-refractivity contribution in [3.63, 3.8) is 0 Å². The molecule has 0 radical (unpaired) electrons. The standard InChI is InChI=1S/C25H26O5/c1-27-20-12-21-19(10-17(20)15-7-5-4-6-8-15)24-18-11-23(29-3)22(28-2)9-16(18)13-25(24,26)14-30-21/h5,7-12,24,26H,4,6,13-14H2,1-3H3. The van der Waals surface area contributed by atoms with Crippen LogP contribution in [0.3, 0.4) is 0 Å². The second kappa shape index (κ2) is 7.10. The van der Waals surface area contributed by atoms with E-state index in [0.29, 0.717) is 17.9 Å². The van der Waals surface area contributed by atoms with E-state index in [9.17, 15) is 5.11 Å². The van der Waals surface area contributed by atoms with Crippen LogP contribution in [0.25, 0.3) is 5.57 Å². The van der Waals surface area contributed by atoms with Crippen molar-refractivity contribution in [1.82, 2.24) is 0 Å². The van der Waals surface area contributed by atoms with Crippen LogP contribution in [0.4, 0.5) is 0 Å². The molecule has 0 amide bonds. The molecule has 5 rings (SSSR count). The fourth-order valence-electron chi connectivity index (χ4n) is 5.01. The van der Waals surface area contributed by atoms with Crippen LogP contribution in [0.2, 0.25) is 0 Å². The minimum Gasteiger partial charge on any atom is -0.496 e. The van der Waals surface area contributed by atoms with Gasteiger partial charge in [0.05, 0.1) is 21.3 Å². The van der Waals surface area contributed by atoms with E-state index < -0.39 is 5.60 Å². The Hall–Kier alpha value is -2.92. The Morgan fingerprint density at radius 2 is 1.70 bits per heavy atom. The second-order valence-electron chi connectivity index (χ2n) is 8.14. The molecule has 5 heteroatoms. The molecule has 2 unspecified atom stereocenters. The molecule has 0 bridgehead atoms. The summed E-state index contributed by atoms with van der Waals surface area (Å²) in [4.78, 5) is 0. The fourth-order valence-corrected chi connectivity index (χ4v) is 5.01. The molecule has 2 aliphatic carbocycles. The quantitative estimate of drug-likeness (QED) is 0.822. The van der Waals surface area contributed by atoms with Crippen molar-refractivity contribution in [3.05, 3.63) is 64.7 Å². The van der Waals surface area contributed by atoms with Gasteiger partial charge in [0.2, 0.25) is 0 Å². The van der Waals surface area contributed by atoms with Crippen molar-refractivity contribution in [2.75, 3.05) is 27.9 Å². The summed E-state index contributed by atoms with van der Waals surface area (Å²) in [5.41, 5.74) is 4.25. The molecule has 0 spiro atoms. The van der Waals surface area contributed by atoms with Gasteiger partial charge in [-0.15, -0.1) is 0 Å². The van der Waals surface area contributed by atoms with E-state index in [2.05, 4.69) is 24.3 Å². The summed E-state index contributed by atoms with van der Waals surface area (Å²) in [5.74, 6) is 2.68. The van der Waals surface area contributed by atoms with Crippen molar-refractivity contribution < 1.29 is 24.1 Å². The molecule has 1 N–H and O–H groups in total. The third kappa shape index (κ3) is 2.80. The topological polar surface area (TPSA) is 57.2 Å². The average Bonchev–Trinajstić information content (AvgIpc) is 3.09. The molecule has 2 aromatic rings. The van der Waals surface area contributed by atoms with E-state index in [1.165, 1.54) is 0 Å². The first-order valence-corrected chi connectivity index (χ1v) is 10.3. The van der Waals surface area contributed by atoms with Crippen LogP contribution in [-0.4, -0.2) is 38.6 Å².